The Kier molecular flexibility index (Phi) is 13.6. The highest BCUT2D eigenvalue weighted by Gasteiger charge is 1.89. The Balaban J connectivity index is 2.85. The van der Waals surface area contributed by atoms with Gasteiger partial charge in [0.1, 0.15) is 0 Å². The Labute approximate surface area is 98.4 Å². The molecule has 0 aromatic rings. The Morgan fingerprint density at radius 3 is 2.07 bits per heavy atom. The summed E-state index contributed by atoms with van der Waals surface area (Å²) in [5, 5.41) is 8.40. The van der Waals surface area contributed by atoms with Gasteiger partial charge in [-0.3, -0.25) is 0 Å². The van der Waals surface area contributed by atoms with Crippen LogP contribution in [0.5, 0.6) is 0 Å². The number of halogens is 1. The number of hydrogen-bond donors (Lipinski definition) is 1. The molecule has 14 heavy (non-hydrogen) atoms. The molecule has 0 aromatic carbocycles. The van der Waals surface area contributed by atoms with Crippen LogP contribution < -0.4 is 0 Å². The van der Waals surface area contributed by atoms with E-state index in [1.54, 1.807) is 0 Å². The maximum atomic E-state index is 8.40. The molecule has 0 unspecified atom stereocenters. The Bertz CT molecular complexity index is 130. The summed E-state index contributed by atoms with van der Waals surface area (Å²) in [5.41, 5.74) is 0. The highest BCUT2D eigenvalue weighted by molar-refractivity contribution is 14.1. The number of aliphatic hydroxyl groups excluding tert-OH is 1. The maximum Gasteiger partial charge on any atom is 0.0704 e. The van der Waals surface area contributed by atoms with Crippen molar-refractivity contribution in [2.24, 2.45) is 0 Å². The molecular weight excluding hydrogens is 299 g/mol. The average Bonchev–Trinajstić information content (AvgIpc) is 2.21. The zero-order chi connectivity index (χ0) is 10.5. The molecule has 0 heterocycles. The fraction of sp³-hybridized carbons (Fsp3) is 0.778. The first-order chi connectivity index (χ1) is 6.91. The van der Waals surface area contributed by atoms with Gasteiger partial charge in [-0.15, -0.1) is 0 Å². The molecule has 0 aromatic heterocycles. The zero-order valence-electron chi connectivity index (χ0n) is 8.15. The molecule has 0 bridgehead atoms. The Morgan fingerprint density at radius 2 is 1.50 bits per heavy atom. The summed E-state index contributed by atoms with van der Waals surface area (Å²) in [5.74, 6) is 0. The smallest absolute Gasteiger partial charge is 0.0704 e. The van der Waals surface area contributed by atoms with E-state index in [2.05, 4.69) is 22.6 Å². The van der Waals surface area contributed by atoms with E-state index in [0.717, 1.165) is 0 Å². The summed E-state index contributed by atoms with van der Waals surface area (Å²) in [6, 6.07) is 0. The van der Waals surface area contributed by atoms with Gasteiger partial charge in [0.05, 0.1) is 46.2 Å². The normalized spacial score (nSPS) is 11.3. The number of ether oxygens (including phenoxy) is 3. The SMILES string of the molecule is OCCOCCOCCOC/C=C/I. The van der Waals surface area contributed by atoms with Crippen molar-refractivity contribution >= 4 is 22.6 Å². The van der Waals surface area contributed by atoms with E-state index in [1.165, 1.54) is 0 Å². The van der Waals surface area contributed by atoms with Gasteiger partial charge in [-0.1, -0.05) is 28.7 Å². The van der Waals surface area contributed by atoms with Crippen molar-refractivity contribution in [2.45, 2.75) is 0 Å². The first-order valence-electron chi connectivity index (χ1n) is 4.51. The summed E-state index contributed by atoms with van der Waals surface area (Å²) in [4.78, 5) is 0. The molecule has 0 aliphatic rings. The number of rotatable bonds is 10. The summed E-state index contributed by atoms with van der Waals surface area (Å²) in [6.45, 7) is 3.32. The molecule has 0 aliphatic carbocycles. The van der Waals surface area contributed by atoms with E-state index in [1.807, 2.05) is 10.2 Å². The van der Waals surface area contributed by atoms with Crippen molar-refractivity contribution in [1.29, 1.82) is 0 Å². The average molecular weight is 316 g/mol. The second kappa shape index (κ2) is 13.3. The van der Waals surface area contributed by atoms with Crippen molar-refractivity contribution in [2.75, 3.05) is 46.2 Å². The van der Waals surface area contributed by atoms with Gasteiger partial charge < -0.3 is 19.3 Å². The first kappa shape index (κ1) is 14.3. The van der Waals surface area contributed by atoms with Gasteiger partial charge in [-0.25, -0.2) is 0 Å². The third kappa shape index (κ3) is 12.3. The lowest BCUT2D eigenvalue weighted by Gasteiger charge is -2.04. The monoisotopic (exact) mass is 316 g/mol. The van der Waals surface area contributed by atoms with Crippen LogP contribution in [0, 0.1) is 0 Å². The van der Waals surface area contributed by atoms with Crippen molar-refractivity contribution in [3.63, 3.8) is 0 Å². The summed E-state index contributed by atoms with van der Waals surface area (Å²) in [6.07, 6.45) is 1.94. The molecule has 84 valence electrons. The van der Waals surface area contributed by atoms with Gasteiger partial charge in [0.2, 0.25) is 0 Å². The van der Waals surface area contributed by atoms with E-state index in [0.29, 0.717) is 39.6 Å². The van der Waals surface area contributed by atoms with Crippen molar-refractivity contribution in [1.82, 2.24) is 0 Å². The van der Waals surface area contributed by atoms with Crippen LogP contribution >= 0.6 is 22.6 Å². The van der Waals surface area contributed by atoms with E-state index in [4.69, 9.17) is 19.3 Å². The predicted molar refractivity (Wildman–Crippen MR) is 62.7 cm³/mol. The molecule has 0 fully saturated rings. The third-order valence-corrected chi connectivity index (χ3v) is 1.79. The van der Waals surface area contributed by atoms with Crippen LogP contribution in [0.1, 0.15) is 0 Å². The summed E-state index contributed by atoms with van der Waals surface area (Å²) >= 11 is 2.15. The molecule has 5 heteroatoms. The van der Waals surface area contributed by atoms with Crippen LogP contribution in [-0.4, -0.2) is 51.4 Å². The minimum atomic E-state index is 0.0613. The number of aliphatic hydroxyl groups is 1. The van der Waals surface area contributed by atoms with Crippen LogP contribution in [0.2, 0.25) is 0 Å². The molecule has 0 radical (unpaired) electrons. The second-order valence-corrected chi connectivity index (χ2v) is 3.10. The fourth-order valence-corrected chi connectivity index (χ4v) is 0.900. The molecule has 0 spiro atoms. The zero-order valence-corrected chi connectivity index (χ0v) is 10.3. The largest absolute Gasteiger partial charge is 0.394 e. The van der Waals surface area contributed by atoms with Gasteiger partial charge in [0, 0.05) is 0 Å². The van der Waals surface area contributed by atoms with Crippen LogP contribution in [0.15, 0.2) is 10.2 Å². The molecule has 0 saturated carbocycles. The lowest BCUT2D eigenvalue weighted by Crippen LogP contribution is -2.10. The standard InChI is InChI=1S/C9H17IO4/c10-2-1-4-12-6-8-14-9-7-13-5-3-11/h1-2,11H,3-9H2/b2-1+. The van der Waals surface area contributed by atoms with Crippen LogP contribution in [0.25, 0.3) is 0 Å². The summed E-state index contributed by atoms with van der Waals surface area (Å²) in [7, 11) is 0. The lowest BCUT2D eigenvalue weighted by atomic mass is 10.6. The predicted octanol–water partition coefficient (Wildman–Crippen LogP) is 0.977. The Morgan fingerprint density at radius 1 is 0.929 bits per heavy atom. The molecule has 0 atom stereocenters. The van der Waals surface area contributed by atoms with E-state index in [9.17, 15) is 0 Å². The van der Waals surface area contributed by atoms with Crippen LogP contribution in [0.4, 0.5) is 0 Å². The minimum Gasteiger partial charge on any atom is -0.394 e. The summed E-state index contributed by atoms with van der Waals surface area (Å²) < 4.78 is 17.3. The third-order valence-electron chi connectivity index (χ3n) is 1.28. The lowest BCUT2D eigenvalue weighted by molar-refractivity contribution is 0.0117. The quantitative estimate of drug-likeness (QED) is 0.482. The molecule has 1 N–H and O–H groups in total. The van der Waals surface area contributed by atoms with E-state index < -0.39 is 0 Å². The minimum absolute atomic E-state index is 0.0613. The van der Waals surface area contributed by atoms with E-state index in [-0.39, 0.29) is 6.61 Å². The highest BCUT2D eigenvalue weighted by atomic mass is 127. The van der Waals surface area contributed by atoms with Gasteiger partial charge in [0.25, 0.3) is 0 Å². The molecule has 0 saturated heterocycles. The fourth-order valence-electron chi connectivity index (χ4n) is 0.692. The molecule has 0 rings (SSSR count). The van der Waals surface area contributed by atoms with Crippen molar-refractivity contribution in [3.8, 4) is 0 Å². The van der Waals surface area contributed by atoms with Gasteiger partial charge in [0.15, 0.2) is 0 Å². The van der Waals surface area contributed by atoms with Gasteiger partial charge in [-0.2, -0.15) is 0 Å². The van der Waals surface area contributed by atoms with Crippen LogP contribution in [0.3, 0.4) is 0 Å². The molecule has 0 amide bonds. The van der Waals surface area contributed by atoms with Crippen molar-refractivity contribution in [3.05, 3.63) is 10.2 Å². The Hall–Kier alpha value is 0.310. The highest BCUT2D eigenvalue weighted by Crippen LogP contribution is 1.85. The topological polar surface area (TPSA) is 47.9 Å². The van der Waals surface area contributed by atoms with Crippen molar-refractivity contribution < 1.29 is 19.3 Å². The van der Waals surface area contributed by atoms with Gasteiger partial charge >= 0.3 is 0 Å². The van der Waals surface area contributed by atoms with Gasteiger partial charge in [-0.05, 0) is 4.08 Å². The van der Waals surface area contributed by atoms with E-state index >= 15 is 0 Å². The molecule has 4 nitrogen and oxygen atoms in total. The number of hydrogen-bond acceptors (Lipinski definition) is 4. The molecular formula is C9H17IO4. The molecule has 0 aliphatic heterocycles. The van der Waals surface area contributed by atoms with Crippen LogP contribution in [-0.2, 0) is 14.2 Å². The first-order valence-corrected chi connectivity index (χ1v) is 5.75. The second-order valence-electron chi connectivity index (χ2n) is 2.38. The maximum absolute atomic E-state index is 8.40.